The van der Waals surface area contributed by atoms with Crippen LogP contribution in [-0.4, -0.2) is 37.1 Å². The second kappa shape index (κ2) is 7.90. The van der Waals surface area contributed by atoms with Crippen LogP contribution in [0.2, 0.25) is 0 Å². The van der Waals surface area contributed by atoms with Gasteiger partial charge in [-0.25, -0.2) is 0 Å². The molecule has 1 heterocycles. The lowest BCUT2D eigenvalue weighted by Gasteiger charge is -2.33. The van der Waals surface area contributed by atoms with Crippen LogP contribution in [-0.2, 0) is 20.9 Å². The Bertz CT molecular complexity index is 615. The van der Waals surface area contributed by atoms with Gasteiger partial charge in [0.2, 0.25) is 5.91 Å². The molecule has 1 aliphatic rings. The predicted octanol–water partition coefficient (Wildman–Crippen LogP) is 2.80. The summed E-state index contributed by atoms with van der Waals surface area (Å²) in [4.78, 5) is 14.1. The SMILES string of the molecule is O=C(COCc1ccccc1)N1CCOC(c2ccccc2)C1. The standard InChI is InChI=1S/C19H21NO3/c21-19(15-22-14-16-7-3-1-4-8-16)20-11-12-23-18(13-20)17-9-5-2-6-10-17/h1-10,18H,11-15H2. The van der Waals surface area contributed by atoms with Crippen LogP contribution < -0.4 is 0 Å². The lowest BCUT2D eigenvalue weighted by molar-refractivity contribution is -0.144. The number of amides is 1. The Morgan fingerprint density at radius 2 is 1.78 bits per heavy atom. The van der Waals surface area contributed by atoms with E-state index in [4.69, 9.17) is 9.47 Å². The quantitative estimate of drug-likeness (QED) is 0.852. The highest BCUT2D eigenvalue weighted by atomic mass is 16.5. The van der Waals surface area contributed by atoms with Crippen molar-refractivity contribution in [3.63, 3.8) is 0 Å². The van der Waals surface area contributed by atoms with Gasteiger partial charge in [0.05, 0.1) is 19.8 Å². The number of ether oxygens (including phenoxy) is 2. The molecule has 0 aliphatic carbocycles. The second-order valence-corrected chi connectivity index (χ2v) is 5.59. The van der Waals surface area contributed by atoms with Gasteiger partial charge in [-0.15, -0.1) is 0 Å². The molecule has 2 aromatic rings. The van der Waals surface area contributed by atoms with Crippen molar-refractivity contribution in [3.05, 3.63) is 71.8 Å². The summed E-state index contributed by atoms with van der Waals surface area (Å²) in [6, 6.07) is 19.9. The Morgan fingerprint density at radius 1 is 1.09 bits per heavy atom. The smallest absolute Gasteiger partial charge is 0.248 e. The van der Waals surface area contributed by atoms with Crippen molar-refractivity contribution < 1.29 is 14.3 Å². The van der Waals surface area contributed by atoms with Gasteiger partial charge in [0.15, 0.2) is 0 Å². The van der Waals surface area contributed by atoms with Gasteiger partial charge in [0, 0.05) is 6.54 Å². The van der Waals surface area contributed by atoms with E-state index in [-0.39, 0.29) is 18.6 Å². The van der Waals surface area contributed by atoms with E-state index in [0.717, 1.165) is 11.1 Å². The summed E-state index contributed by atoms with van der Waals surface area (Å²) in [5.74, 6) is 0.0187. The van der Waals surface area contributed by atoms with Gasteiger partial charge in [0.25, 0.3) is 0 Å². The average molecular weight is 311 g/mol. The van der Waals surface area contributed by atoms with Crippen molar-refractivity contribution in [2.75, 3.05) is 26.3 Å². The fourth-order valence-corrected chi connectivity index (χ4v) is 2.67. The van der Waals surface area contributed by atoms with E-state index < -0.39 is 0 Å². The van der Waals surface area contributed by atoms with Crippen molar-refractivity contribution in [3.8, 4) is 0 Å². The van der Waals surface area contributed by atoms with E-state index in [1.807, 2.05) is 65.6 Å². The van der Waals surface area contributed by atoms with Gasteiger partial charge in [-0.2, -0.15) is 0 Å². The van der Waals surface area contributed by atoms with E-state index >= 15 is 0 Å². The zero-order valence-electron chi connectivity index (χ0n) is 13.1. The predicted molar refractivity (Wildman–Crippen MR) is 87.8 cm³/mol. The molecule has 1 amide bonds. The molecule has 4 nitrogen and oxygen atoms in total. The molecule has 0 saturated carbocycles. The molecule has 0 radical (unpaired) electrons. The summed E-state index contributed by atoms with van der Waals surface area (Å²) in [6.45, 7) is 2.33. The summed E-state index contributed by atoms with van der Waals surface area (Å²) >= 11 is 0. The van der Waals surface area contributed by atoms with Crippen LogP contribution in [0.3, 0.4) is 0 Å². The highest BCUT2D eigenvalue weighted by molar-refractivity contribution is 5.77. The van der Waals surface area contributed by atoms with Crippen LogP contribution in [0, 0.1) is 0 Å². The maximum absolute atomic E-state index is 12.3. The zero-order valence-corrected chi connectivity index (χ0v) is 13.1. The first kappa shape index (κ1) is 15.7. The van der Waals surface area contributed by atoms with Gasteiger partial charge in [-0.05, 0) is 11.1 Å². The third kappa shape index (κ3) is 4.41. The molecule has 1 aliphatic heterocycles. The van der Waals surface area contributed by atoms with Gasteiger partial charge in [-0.3, -0.25) is 4.79 Å². The number of carbonyl (C=O) groups excluding carboxylic acids is 1. The van der Waals surface area contributed by atoms with E-state index in [1.165, 1.54) is 0 Å². The Morgan fingerprint density at radius 3 is 2.52 bits per heavy atom. The zero-order chi connectivity index (χ0) is 15.9. The van der Waals surface area contributed by atoms with E-state index in [2.05, 4.69) is 0 Å². The van der Waals surface area contributed by atoms with Gasteiger partial charge in [-0.1, -0.05) is 60.7 Å². The number of hydrogen-bond acceptors (Lipinski definition) is 3. The number of benzene rings is 2. The molecule has 120 valence electrons. The number of hydrogen-bond donors (Lipinski definition) is 0. The Hall–Kier alpha value is -2.17. The lowest BCUT2D eigenvalue weighted by Crippen LogP contribution is -2.43. The number of carbonyl (C=O) groups is 1. The van der Waals surface area contributed by atoms with E-state index in [1.54, 1.807) is 0 Å². The largest absolute Gasteiger partial charge is 0.370 e. The molecule has 1 unspecified atom stereocenters. The minimum Gasteiger partial charge on any atom is -0.370 e. The molecule has 0 bridgehead atoms. The first-order chi connectivity index (χ1) is 11.3. The maximum Gasteiger partial charge on any atom is 0.248 e. The Labute approximate surface area is 136 Å². The summed E-state index contributed by atoms with van der Waals surface area (Å²) in [5, 5.41) is 0. The third-order valence-electron chi connectivity index (χ3n) is 3.93. The fraction of sp³-hybridized carbons (Fsp3) is 0.316. The van der Waals surface area contributed by atoms with Crippen molar-refractivity contribution in [2.45, 2.75) is 12.7 Å². The van der Waals surface area contributed by atoms with Crippen molar-refractivity contribution in [1.82, 2.24) is 4.90 Å². The molecule has 3 rings (SSSR count). The van der Waals surface area contributed by atoms with Crippen LogP contribution in [0.25, 0.3) is 0 Å². The Kier molecular flexibility index (Phi) is 5.40. The van der Waals surface area contributed by atoms with Crippen molar-refractivity contribution >= 4 is 5.91 Å². The highest BCUT2D eigenvalue weighted by Crippen LogP contribution is 2.21. The van der Waals surface area contributed by atoms with Crippen LogP contribution in [0.15, 0.2) is 60.7 Å². The highest BCUT2D eigenvalue weighted by Gasteiger charge is 2.25. The van der Waals surface area contributed by atoms with Crippen molar-refractivity contribution in [1.29, 1.82) is 0 Å². The normalized spacial score (nSPS) is 17.9. The van der Waals surface area contributed by atoms with Gasteiger partial charge >= 0.3 is 0 Å². The third-order valence-corrected chi connectivity index (χ3v) is 3.93. The number of morpholine rings is 1. The van der Waals surface area contributed by atoms with Crippen LogP contribution >= 0.6 is 0 Å². The minimum atomic E-state index is -0.0528. The summed E-state index contributed by atoms with van der Waals surface area (Å²) in [6.07, 6.45) is -0.0528. The summed E-state index contributed by atoms with van der Waals surface area (Å²) in [7, 11) is 0. The molecule has 4 heteroatoms. The molecule has 1 saturated heterocycles. The molecule has 2 aromatic carbocycles. The number of nitrogens with zero attached hydrogens (tertiary/aromatic N) is 1. The Balaban J connectivity index is 1.49. The van der Waals surface area contributed by atoms with Gasteiger partial charge < -0.3 is 14.4 Å². The van der Waals surface area contributed by atoms with Crippen LogP contribution in [0.1, 0.15) is 17.2 Å². The monoisotopic (exact) mass is 311 g/mol. The van der Waals surface area contributed by atoms with Gasteiger partial charge in [0.1, 0.15) is 12.7 Å². The topological polar surface area (TPSA) is 38.8 Å². The molecule has 0 aromatic heterocycles. The summed E-state index contributed by atoms with van der Waals surface area (Å²) < 4.78 is 11.3. The molecule has 1 fully saturated rings. The van der Waals surface area contributed by atoms with Crippen LogP contribution in [0.5, 0.6) is 0 Å². The average Bonchev–Trinajstić information content (AvgIpc) is 2.63. The molecular weight excluding hydrogens is 290 g/mol. The second-order valence-electron chi connectivity index (χ2n) is 5.59. The molecule has 0 spiro atoms. The maximum atomic E-state index is 12.3. The fourth-order valence-electron chi connectivity index (χ4n) is 2.67. The molecule has 0 N–H and O–H groups in total. The first-order valence-electron chi connectivity index (χ1n) is 7.89. The van der Waals surface area contributed by atoms with E-state index in [9.17, 15) is 4.79 Å². The first-order valence-corrected chi connectivity index (χ1v) is 7.89. The lowest BCUT2D eigenvalue weighted by atomic mass is 10.1. The minimum absolute atomic E-state index is 0.0187. The van der Waals surface area contributed by atoms with Crippen LogP contribution in [0.4, 0.5) is 0 Å². The molecule has 23 heavy (non-hydrogen) atoms. The molecule has 1 atom stereocenters. The summed E-state index contributed by atoms with van der Waals surface area (Å²) in [5.41, 5.74) is 2.18. The van der Waals surface area contributed by atoms with Crippen molar-refractivity contribution in [2.24, 2.45) is 0 Å². The van der Waals surface area contributed by atoms with E-state index in [0.29, 0.717) is 26.3 Å². The molecular formula is C19H21NO3. The number of rotatable bonds is 5.